The summed E-state index contributed by atoms with van der Waals surface area (Å²) < 4.78 is 55.0. The van der Waals surface area contributed by atoms with Gasteiger partial charge < -0.3 is 4.74 Å². The molecule has 2 N–H and O–H groups in total. The quantitative estimate of drug-likeness (QED) is 0.626. The number of hydrogen-bond donors (Lipinski definition) is 2. The Morgan fingerprint density at radius 1 is 1.10 bits per heavy atom. The molecule has 0 heterocycles. The van der Waals surface area contributed by atoms with Gasteiger partial charge in [0, 0.05) is 19.3 Å². The number of benzene rings is 1. The summed E-state index contributed by atoms with van der Waals surface area (Å²) in [5.41, 5.74) is 1.26. The number of methoxy groups -OCH3 is 1. The Morgan fingerprint density at radius 2 is 1.71 bits per heavy atom. The van der Waals surface area contributed by atoms with Gasteiger partial charge in [-0.15, -0.1) is 0 Å². The van der Waals surface area contributed by atoms with E-state index in [1.807, 2.05) is 0 Å². The largest absolute Gasteiger partial charge is 0.383 e. The SMILES string of the molecule is COCCNS(=O)(=O)CCc1ccc(NS(C)(=O)=O)cc1. The van der Waals surface area contributed by atoms with E-state index >= 15 is 0 Å². The van der Waals surface area contributed by atoms with Crippen molar-refractivity contribution in [3.05, 3.63) is 29.8 Å². The van der Waals surface area contributed by atoms with Crippen LogP contribution in [0.25, 0.3) is 0 Å². The van der Waals surface area contributed by atoms with E-state index in [-0.39, 0.29) is 12.3 Å². The lowest BCUT2D eigenvalue weighted by atomic mass is 10.2. The van der Waals surface area contributed by atoms with Crippen molar-refractivity contribution < 1.29 is 21.6 Å². The molecule has 0 aliphatic carbocycles. The van der Waals surface area contributed by atoms with Crippen LogP contribution in [0.15, 0.2) is 24.3 Å². The van der Waals surface area contributed by atoms with Gasteiger partial charge in [-0.3, -0.25) is 4.72 Å². The molecule has 1 aromatic carbocycles. The van der Waals surface area contributed by atoms with Gasteiger partial charge in [-0.25, -0.2) is 21.6 Å². The molecular weight excluding hydrogens is 316 g/mol. The molecular formula is C12H20N2O5S2. The fourth-order valence-corrected chi connectivity index (χ4v) is 3.18. The van der Waals surface area contributed by atoms with Crippen LogP contribution in [0.1, 0.15) is 5.56 Å². The highest BCUT2D eigenvalue weighted by Crippen LogP contribution is 2.11. The minimum atomic E-state index is -3.33. The van der Waals surface area contributed by atoms with Crippen molar-refractivity contribution in [3.63, 3.8) is 0 Å². The average Bonchev–Trinajstić information content (AvgIpc) is 2.36. The van der Waals surface area contributed by atoms with Crippen LogP contribution in [0.5, 0.6) is 0 Å². The Bertz CT molecular complexity index is 639. The van der Waals surface area contributed by atoms with E-state index in [0.29, 0.717) is 18.7 Å². The third-order valence-corrected chi connectivity index (χ3v) is 4.54. The first-order valence-corrected chi connectivity index (χ1v) is 9.79. The topological polar surface area (TPSA) is 102 Å². The van der Waals surface area contributed by atoms with Gasteiger partial charge >= 0.3 is 0 Å². The third kappa shape index (κ3) is 8.00. The molecule has 9 heteroatoms. The van der Waals surface area contributed by atoms with Crippen molar-refractivity contribution in [2.75, 3.05) is 37.0 Å². The van der Waals surface area contributed by atoms with Crippen LogP contribution >= 0.6 is 0 Å². The van der Waals surface area contributed by atoms with Crippen molar-refractivity contribution in [3.8, 4) is 0 Å². The average molecular weight is 336 g/mol. The van der Waals surface area contributed by atoms with E-state index in [2.05, 4.69) is 9.44 Å². The summed E-state index contributed by atoms with van der Waals surface area (Å²) in [7, 11) is -5.14. The molecule has 1 rings (SSSR count). The summed E-state index contributed by atoms with van der Waals surface area (Å²) >= 11 is 0. The van der Waals surface area contributed by atoms with E-state index in [1.165, 1.54) is 7.11 Å². The lowest BCUT2D eigenvalue weighted by Crippen LogP contribution is -2.30. The van der Waals surface area contributed by atoms with Crippen LogP contribution in [0, 0.1) is 0 Å². The maximum absolute atomic E-state index is 11.7. The van der Waals surface area contributed by atoms with Crippen molar-refractivity contribution in [1.82, 2.24) is 4.72 Å². The number of anilines is 1. The normalized spacial score (nSPS) is 12.3. The number of nitrogens with one attached hydrogen (secondary N) is 2. The summed E-state index contributed by atoms with van der Waals surface area (Å²) in [6.07, 6.45) is 1.42. The third-order valence-electron chi connectivity index (χ3n) is 2.54. The van der Waals surface area contributed by atoms with Crippen molar-refractivity contribution in [1.29, 1.82) is 0 Å². The van der Waals surface area contributed by atoms with E-state index in [1.54, 1.807) is 24.3 Å². The Labute approximate surface area is 125 Å². The van der Waals surface area contributed by atoms with E-state index in [4.69, 9.17) is 4.74 Å². The summed E-state index contributed by atoms with van der Waals surface area (Å²) in [4.78, 5) is 0. The van der Waals surface area contributed by atoms with Gasteiger partial charge in [0.15, 0.2) is 0 Å². The van der Waals surface area contributed by atoms with Crippen LogP contribution in [0.4, 0.5) is 5.69 Å². The molecule has 0 aliphatic heterocycles. The molecule has 0 amide bonds. The number of aryl methyl sites for hydroxylation is 1. The van der Waals surface area contributed by atoms with Crippen molar-refractivity contribution in [2.24, 2.45) is 0 Å². The van der Waals surface area contributed by atoms with Gasteiger partial charge in [-0.2, -0.15) is 0 Å². The first-order chi connectivity index (χ1) is 9.72. The molecule has 0 saturated heterocycles. The van der Waals surface area contributed by atoms with Crippen LogP contribution in [-0.4, -0.2) is 49.1 Å². The molecule has 0 atom stereocenters. The molecule has 1 aromatic rings. The number of sulfonamides is 2. The summed E-state index contributed by atoms with van der Waals surface area (Å²) in [6.45, 7) is 0.571. The van der Waals surface area contributed by atoms with Crippen molar-refractivity contribution >= 4 is 25.7 Å². The minimum Gasteiger partial charge on any atom is -0.383 e. The van der Waals surface area contributed by atoms with Gasteiger partial charge in [0.1, 0.15) is 0 Å². The Kier molecular flexibility index (Phi) is 6.59. The first-order valence-electron chi connectivity index (χ1n) is 6.25. The molecule has 0 unspecified atom stereocenters. The zero-order chi connectivity index (χ0) is 15.9. The zero-order valence-electron chi connectivity index (χ0n) is 12.0. The lowest BCUT2D eigenvalue weighted by Gasteiger charge is -2.07. The second-order valence-corrected chi connectivity index (χ2v) is 8.20. The Hall–Kier alpha value is -1.16. The molecule has 0 spiro atoms. The number of ether oxygens (including phenoxy) is 1. The van der Waals surface area contributed by atoms with Crippen LogP contribution < -0.4 is 9.44 Å². The molecule has 0 bridgehead atoms. The minimum absolute atomic E-state index is 0.0322. The predicted molar refractivity (Wildman–Crippen MR) is 82.3 cm³/mol. The molecule has 0 aromatic heterocycles. The van der Waals surface area contributed by atoms with Gasteiger partial charge in [0.2, 0.25) is 20.0 Å². The summed E-state index contributed by atoms with van der Waals surface area (Å²) in [5.74, 6) is -0.0322. The molecule has 0 fully saturated rings. The van der Waals surface area contributed by atoms with Crippen molar-refractivity contribution in [2.45, 2.75) is 6.42 Å². The second-order valence-electron chi connectivity index (χ2n) is 4.53. The maximum atomic E-state index is 11.7. The zero-order valence-corrected chi connectivity index (χ0v) is 13.6. The highest BCUT2D eigenvalue weighted by molar-refractivity contribution is 7.92. The highest BCUT2D eigenvalue weighted by Gasteiger charge is 2.10. The highest BCUT2D eigenvalue weighted by atomic mass is 32.2. The van der Waals surface area contributed by atoms with Crippen LogP contribution in [-0.2, 0) is 31.2 Å². The summed E-state index contributed by atoms with van der Waals surface area (Å²) in [6, 6.07) is 6.58. The fourth-order valence-electron chi connectivity index (χ4n) is 1.58. The van der Waals surface area contributed by atoms with E-state index < -0.39 is 20.0 Å². The Balaban J connectivity index is 2.53. The smallest absolute Gasteiger partial charge is 0.229 e. The monoisotopic (exact) mass is 336 g/mol. The second kappa shape index (κ2) is 7.74. The molecule has 7 nitrogen and oxygen atoms in total. The first kappa shape index (κ1) is 17.9. The summed E-state index contributed by atoms with van der Waals surface area (Å²) in [5, 5.41) is 0. The molecule has 0 saturated carbocycles. The van der Waals surface area contributed by atoms with E-state index in [9.17, 15) is 16.8 Å². The number of rotatable bonds is 9. The van der Waals surface area contributed by atoms with Gasteiger partial charge in [0.05, 0.1) is 18.6 Å². The standard InChI is InChI=1S/C12H20N2O5S2/c1-19-9-8-13-21(17,18)10-7-11-3-5-12(6-4-11)14-20(2,15)16/h3-6,13-14H,7-10H2,1-2H3. The van der Waals surface area contributed by atoms with Gasteiger partial charge in [-0.05, 0) is 24.1 Å². The van der Waals surface area contributed by atoms with Gasteiger partial charge in [0.25, 0.3) is 0 Å². The molecule has 21 heavy (non-hydrogen) atoms. The molecule has 0 radical (unpaired) electrons. The molecule has 120 valence electrons. The van der Waals surface area contributed by atoms with E-state index in [0.717, 1.165) is 11.8 Å². The van der Waals surface area contributed by atoms with Crippen LogP contribution in [0.3, 0.4) is 0 Å². The maximum Gasteiger partial charge on any atom is 0.229 e. The van der Waals surface area contributed by atoms with Gasteiger partial charge in [-0.1, -0.05) is 12.1 Å². The Morgan fingerprint density at radius 3 is 2.24 bits per heavy atom. The van der Waals surface area contributed by atoms with Crippen LogP contribution in [0.2, 0.25) is 0 Å². The predicted octanol–water partition coefficient (Wildman–Crippen LogP) is 0.166. The molecule has 0 aliphatic rings. The lowest BCUT2D eigenvalue weighted by molar-refractivity contribution is 0.204. The fraction of sp³-hybridized carbons (Fsp3) is 0.500. The number of hydrogen-bond acceptors (Lipinski definition) is 5.